The van der Waals surface area contributed by atoms with Gasteiger partial charge in [-0.15, -0.1) is 0 Å². The Morgan fingerprint density at radius 3 is 2.94 bits per heavy atom. The first-order chi connectivity index (χ1) is 8.44. The minimum Gasteiger partial charge on any atom is -0.388 e. The van der Waals surface area contributed by atoms with Crippen molar-refractivity contribution in [1.82, 2.24) is 10.6 Å². The summed E-state index contributed by atoms with van der Waals surface area (Å²) in [5.74, 6) is 0.125. The van der Waals surface area contributed by atoms with Crippen LogP contribution in [0.25, 0.3) is 0 Å². The highest BCUT2D eigenvalue weighted by Gasteiger charge is 2.27. The van der Waals surface area contributed by atoms with Crippen LogP contribution in [-0.4, -0.2) is 49.5 Å². The van der Waals surface area contributed by atoms with E-state index in [1.54, 1.807) is 14.0 Å². The molecular formula is C13H26N2O3. The van der Waals surface area contributed by atoms with Crippen molar-refractivity contribution in [3.8, 4) is 0 Å². The number of ether oxygens (including phenoxy) is 1. The van der Waals surface area contributed by atoms with Gasteiger partial charge in [0.05, 0.1) is 5.60 Å². The average Bonchev–Trinajstić information content (AvgIpc) is 2.34. The molecular weight excluding hydrogens is 232 g/mol. The Hall–Kier alpha value is -0.650. The molecule has 106 valence electrons. The zero-order valence-corrected chi connectivity index (χ0v) is 11.7. The second-order valence-electron chi connectivity index (χ2n) is 5.53. The number of nitrogens with one attached hydrogen (secondary N) is 2. The summed E-state index contributed by atoms with van der Waals surface area (Å²) in [5, 5.41) is 16.2. The second kappa shape index (κ2) is 7.07. The number of carbonyl (C=O) groups excluding carboxylic acids is 1. The van der Waals surface area contributed by atoms with Gasteiger partial charge in [-0.1, -0.05) is 0 Å². The van der Waals surface area contributed by atoms with Crippen molar-refractivity contribution in [2.75, 3.05) is 26.8 Å². The van der Waals surface area contributed by atoms with Crippen LogP contribution in [0.5, 0.6) is 0 Å². The quantitative estimate of drug-likeness (QED) is 0.640. The molecule has 0 saturated carbocycles. The Kier molecular flexibility index (Phi) is 6.05. The van der Waals surface area contributed by atoms with Gasteiger partial charge in [0.2, 0.25) is 5.91 Å². The summed E-state index contributed by atoms with van der Waals surface area (Å²) in [5.41, 5.74) is -0.899. The minimum absolute atomic E-state index is 0.0565. The van der Waals surface area contributed by atoms with Gasteiger partial charge in [0.25, 0.3) is 0 Å². The van der Waals surface area contributed by atoms with Gasteiger partial charge in [-0.05, 0) is 33.2 Å². The van der Waals surface area contributed by atoms with Crippen molar-refractivity contribution >= 4 is 5.91 Å². The molecule has 5 heteroatoms. The summed E-state index contributed by atoms with van der Waals surface area (Å²) in [7, 11) is 1.60. The zero-order valence-electron chi connectivity index (χ0n) is 11.7. The predicted octanol–water partition coefficient (Wildman–Crippen LogP) is 0.278. The normalized spacial score (nSPS) is 27.6. The van der Waals surface area contributed by atoms with E-state index in [2.05, 4.69) is 17.6 Å². The molecule has 1 rings (SSSR count). The number of piperidine rings is 1. The summed E-state index contributed by atoms with van der Waals surface area (Å²) < 4.78 is 4.93. The number of methoxy groups -OCH3 is 1. The van der Waals surface area contributed by atoms with Crippen LogP contribution in [0.1, 0.15) is 33.1 Å². The van der Waals surface area contributed by atoms with E-state index in [0.717, 1.165) is 19.4 Å². The average molecular weight is 258 g/mol. The summed E-state index contributed by atoms with van der Waals surface area (Å²) in [4.78, 5) is 12.0. The van der Waals surface area contributed by atoms with Crippen molar-refractivity contribution in [3.05, 3.63) is 0 Å². The van der Waals surface area contributed by atoms with Gasteiger partial charge >= 0.3 is 0 Å². The molecule has 1 fully saturated rings. The topological polar surface area (TPSA) is 70.6 Å². The molecule has 0 aromatic heterocycles. The summed E-state index contributed by atoms with van der Waals surface area (Å²) in [6, 6.07) is 0.392. The Morgan fingerprint density at radius 2 is 2.33 bits per heavy atom. The lowest BCUT2D eigenvalue weighted by molar-refractivity contribution is -0.127. The third kappa shape index (κ3) is 5.33. The molecule has 18 heavy (non-hydrogen) atoms. The molecule has 0 aromatic carbocycles. The lowest BCUT2D eigenvalue weighted by Crippen LogP contribution is -2.46. The molecule has 5 nitrogen and oxygen atoms in total. The van der Waals surface area contributed by atoms with E-state index < -0.39 is 5.60 Å². The van der Waals surface area contributed by atoms with E-state index in [0.29, 0.717) is 19.1 Å². The fraction of sp³-hybridized carbons (Fsp3) is 0.923. The molecule has 3 unspecified atom stereocenters. The highest BCUT2D eigenvalue weighted by molar-refractivity contribution is 5.78. The number of aliphatic hydroxyl groups is 1. The highest BCUT2D eigenvalue weighted by Crippen LogP contribution is 2.16. The second-order valence-corrected chi connectivity index (χ2v) is 5.53. The maximum atomic E-state index is 12.0. The van der Waals surface area contributed by atoms with Crippen molar-refractivity contribution in [2.45, 2.75) is 44.8 Å². The minimum atomic E-state index is -0.899. The smallest absolute Gasteiger partial charge is 0.223 e. The van der Waals surface area contributed by atoms with Crippen molar-refractivity contribution in [3.63, 3.8) is 0 Å². The molecule has 1 amide bonds. The van der Waals surface area contributed by atoms with E-state index in [1.807, 2.05) is 0 Å². The van der Waals surface area contributed by atoms with Gasteiger partial charge in [-0.2, -0.15) is 0 Å². The highest BCUT2D eigenvalue weighted by atomic mass is 16.5. The molecule has 1 heterocycles. The monoisotopic (exact) mass is 258 g/mol. The fourth-order valence-electron chi connectivity index (χ4n) is 2.20. The van der Waals surface area contributed by atoms with Crippen LogP contribution in [0.15, 0.2) is 0 Å². The largest absolute Gasteiger partial charge is 0.388 e. The van der Waals surface area contributed by atoms with Crippen LogP contribution in [0, 0.1) is 5.92 Å². The molecule has 0 aromatic rings. The predicted molar refractivity (Wildman–Crippen MR) is 70.3 cm³/mol. The lowest BCUT2D eigenvalue weighted by atomic mass is 9.92. The molecule has 1 aliphatic heterocycles. The van der Waals surface area contributed by atoms with Gasteiger partial charge in [0.15, 0.2) is 0 Å². The first kappa shape index (κ1) is 15.4. The molecule has 0 aliphatic carbocycles. The van der Waals surface area contributed by atoms with Gasteiger partial charge in [-0.3, -0.25) is 4.79 Å². The van der Waals surface area contributed by atoms with E-state index in [1.165, 1.54) is 0 Å². The maximum Gasteiger partial charge on any atom is 0.223 e. The van der Waals surface area contributed by atoms with Gasteiger partial charge < -0.3 is 20.5 Å². The third-order valence-electron chi connectivity index (χ3n) is 3.48. The molecule has 1 saturated heterocycles. The number of hydrogen-bond donors (Lipinski definition) is 3. The molecule has 0 bridgehead atoms. The molecule has 0 spiro atoms. The standard InChI is InChI=1S/C13H26N2O3/c1-10-8-11(4-6-14-10)12(16)15-9-13(2,17)5-7-18-3/h10-11,14,17H,4-9H2,1-3H3,(H,15,16). The maximum absolute atomic E-state index is 12.0. The Balaban J connectivity index is 2.31. The van der Waals surface area contributed by atoms with Crippen molar-refractivity contribution < 1.29 is 14.6 Å². The summed E-state index contributed by atoms with van der Waals surface area (Å²) >= 11 is 0. The summed E-state index contributed by atoms with van der Waals surface area (Å²) in [6.07, 6.45) is 2.26. The number of rotatable bonds is 6. The van der Waals surface area contributed by atoms with Crippen LogP contribution in [0.2, 0.25) is 0 Å². The molecule has 3 atom stereocenters. The first-order valence-corrected chi connectivity index (χ1v) is 6.67. The van der Waals surface area contributed by atoms with Crippen molar-refractivity contribution in [2.24, 2.45) is 5.92 Å². The number of hydrogen-bond acceptors (Lipinski definition) is 4. The lowest BCUT2D eigenvalue weighted by Gasteiger charge is -2.29. The van der Waals surface area contributed by atoms with Crippen LogP contribution in [-0.2, 0) is 9.53 Å². The van der Waals surface area contributed by atoms with Gasteiger partial charge in [0.1, 0.15) is 0 Å². The van der Waals surface area contributed by atoms with E-state index in [-0.39, 0.29) is 18.4 Å². The fourth-order valence-corrected chi connectivity index (χ4v) is 2.20. The SMILES string of the molecule is COCCC(C)(O)CNC(=O)C1CCNC(C)C1. The van der Waals surface area contributed by atoms with Gasteiger partial charge in [0, 0.05) is 38.6 Å². The van der Waals surface area contributed by atoms with E-state index >= 15 is 0 Å². The van der Waals surface area contributed by atoms with Crippen molar-refractivity contribution in [1.29, 1.82) is 0 Å². The van der Waals surface area contributed by atoms with E-state index in [4.69, 9.17) is 4.74 Å². The third-order valence-corrected chi connectivity index (χ3v) is 3.48. The van der Waals surface area contributed by atoms with E-state index in [9.17, 15) is 9.90 Å². The number of carbonyl (C=O) groups is 1. The van der Waals surface area contributed by atoms with Crippen LogP contribution >= 0.6 is 0 Å². The summed E-state index contributed by atoms with van der Waals surface area (Å²) in [6.45, 7) is 5.48. The first-order valence-electron chi connectivity index (χ1n) is 6.67. The van der Waals surface area contributed by atoms with Gasteiger partial charge in [-0.25, -0.2) is 0 Å². The Bertz CT molecular complexity index is 269. The molecule has 3 N–H and O–H groups in total. The zero-order chi connectivity index (χ0) is 13.6. The van der Waals surface area contributed by atoms with Crippen LogP contribution in [0.4, 0.5) is 0 Å². The molecule has 1 aliphatic rings. The van der Waals surface area contributed by atoms with Crippen LogP contribution < -0.4 is 10.6 Å². The Morgan fingerprint density at radius 1 is 1.61 bits per heavy atom. The molecule has 0 radical (unpaired) electrons. The Labute approximate surface area is 109 Å². The number of amides is 1. The van der Waals surface area contributed by atoms with Crippen LogP contribution in [0.3, 0.4) is 0 Å².